The lowest BCUT2D eigenvalue weighted by Crippen LogP contribution is -2.56. The molecule has 4 rings (SSSR count). The van der Waals surface area contributed by atoms with Gasteiger partial charge in [-0.25, -0.2) is 4.79 Å². The van der Waals surface area contributed by atoms with E-state index in [0.717, 1.165) is 24.3 Å². The Labute approximate surface area is 190 Å². The van der Waals surface area contributed by atoms with Gasteiger partial charge in [-0.15, -0.1) is 10.2 Å². The number of ether oxygens (including phenoxy) is 1. The summed E-state index contributed by atoms with van der Waals surface area (Å²) < 4.78 is 81.4. The van der Waals surface area contributed by atoms with E-state index < -0.39 is 36.0 Å². The Balaban J connectivity index is 1.33. The zero-order valence-electron chi connectivity index (χ0n) is 18.2. The Bertz CT molecular complexity index is 922. The van der Waals surface area contributed by atoms with Crippen molar-refractivity contribution >= 4 is 12.0 Å². The number of halogens is 6. The molecule has 2 aliphatic heterocycles. The second kappa shape index (κ2) is 8.57. The molecule has 0 atom stereocenters. The van der Waals surface area contributed by atoms with Crippen LogP contribution in [0.1, 0.15) is 49.1 Å². The van der Waals surface area contributed by atoms with Crippen molar-refractivity contribution in [1.82, 2.24) is 29.9 Å². The summed E-state index contributed by atoms with van der Waals surface area (Å²) in [6.45, 7) is 3.26. The number of carbonyl (C=O) groups is 2. The average Bonchev–Trinajstić information content (AvgIpc) is 3.49. The van der Waals surface area contributed by atoms with Gasteiger partial charge in [0.2, 0.25) is 5.82 Å². The highest BCUT2D eigenvalue weighted by Gasteiger charge is 2.60. The van der Waals surface area contributed by atoms with Gasteiger partial charge in [0.1, 0.15) is 5.82 Å². The molecule has 9 nitrogen and oxygen atoms in total. The maximum absolute atomic E-state index is 12.9. The summed E-state index contributed by atoms with van der Waals surface area (Å²) in [4.78, 5) is 27.9. The highest BCUT2D eigenvalue weighted by Crippen LogP contribution is 2.36. The fourth-order valence-electron chi connectivity index (χ4n) is 4.23. The lowest BCUT2D eigenvalue weighted by atomic mass is 9.89. The van der Waals surface area contributed by atoms with Crippen molar-refractivity contribution in [2.45, 2.75) is 75.7 Å². The third-order valence-electron chi connectivity index (χ3n) is 6.40. The molecular weight excluding hydrogens is 474 g/mol. The summed E-state index contributed by atoms with van der Waals surface area (Å²) in [6, 6.07) is 0.557. The van der Waals surface area contributed by atoms with Crippen LogP contribution in [0.25, 0.3) is 0 Å². The van der Waals surface area contributed by atoms with E-state index in [0.29, 0.717) is 25.0 Å². The van der Waals surface area contributed by atoms with E-state index in [1.54, 1.807) is 11.5 Å². The van der Waals surface area contributed by atoms with Crippen LogP contribution in [0.15, 0.2) is 0 Å². The minimum absolute atomic E-state index is 0.104. The molecule has 0 unspecified atom stereocenters. The van der Waals surface area contributed by atoms with Crippen LogP contribution in [0, 0.1) is 0 Å². The van der Waals surface area contributed by atoms with Gasteiger partial charge in [0.15, 0.2) is 0 Å². The Kier molecular flexibility index (Phi) is 6.19. The molecule has 1 aromatic heterocycles. The third kappa shape index (κ3) is 5.23. The van der Waals surface area contributed by atoms with Crippen LogP contribution in [-0.4, -0.2) is 86.2 Å². The first kappa shape index (κ1) is 24.5. The van der Waals surface area contributed by atoms with Gasteiger partial charge in [0.25, 0.3) is 12.0 Å². The van der Waals surface area contributed by atoms with Gasteiger partial charge in [-0.3, -0.25) is 9.69 Å². The molecule has 1 aliphatic carbocycles. The number of fused-ring (bicyclic) bond motifs is 1. The van der Waals surface area contributed by atoms with Gasteiger partial charge in [-0.1, -0.05) is 0 Å². The smallest absolute Gasteiger partial charge is 0.426 e. The minimum Gasteiger partial charge on any atom is -0.426 e. The van der Waals surface area contributed by atoms with Crippen LogP contribution in [0.4, 0.5) is 31.1 Å². The predicted molar refractivity (Wildman–Crippen MR) is 103 cm³/mol. The van der Waals surface area contributed by atoms with E-state index in [4.69, 9.17) is 0 Å². The molecule has 1 saturated heterocycles. The number of alkyl halides is 6. The molecule has 1 N–H and O–H groups in total. The van der Waals surface area contributed by atoms with Crippen molar-refractivity contribution in [3.63, 3.8) is 0 Å². The van der Waals surface area contributed by atoms with E-state index in [1.165, 1.54) is 0 Å². The predicted octanol–water partition coefficient (Wildman–Crippen LogP) is 2.47. The number of hydrogen-bond acceptors (Lipinski definition) is 6. The summed E-state index contributed by atoms with van der Waals surface area (Å²) in [5.74, 6) is 0.355. The Morgan fingerprint density at radius 1 is 1.03 bits per heavy atom. The van der Waals surface area contributed by atoms with Crippen LogP contribution in [0.3, 0.4) is 0 Å². The standard InChI is InChI=1S/C19H24F6N6O3/c1-17(4-6-29(7-5-17)16(33)34-15(18(20,21)22)19(23,24)25)26-14(32)13-28-27-12-10-30(11-2-3-11)8-9-31(12)13/h11,15H,2-10H2,1H3,(H,26,32). The molecule has 190 valence electrons. The molecular formula is C19H24F6N6O3. The summed E-state index contributed by atoms with van der Waals surface area (Å²) in [6.07, 6.45) is -15.0. The number of nitrogens with zero attached hydrogens (tertiary/aromatic N) is 5. The maximum Gasteiger partial charge on any atom is 0.434 e. The first-order valence-corrected chi connectivity index (χ1v) is 10.8. The lowest BCUT2D eigenvalue weighted by Gasteiger charge is -2.39. The van der Waals surface area contributed by atoms with E-state index in [2.05, 4.69) is 25.2 Å². The number of likely N-dealkylation sites (tertiary alicyclic amines) is 1. The molecule has 0 spiro atoms. The second-order valence-corrected chi connectivity index (χ2v) is 9.14. The third-order valence-corrected chi connectivity index (χ3v) is 6.40. The first-order chi connectivity index (χ1) is 15.8. The van der Waals surface area contributed by atoms with Crippen molar-refractivity contribution in [3.8, 4) is 0 Å². The normalized spacial score (nSPS) is 21.4. The van der Waals surface area contributed by atoms with Gasteiger partial charge in [0, 0.05) is 37.8 Å². The number of rotatable bonds is 4. The number of hydrogen-bond donors (Lipinski definition) is 1. The topological polar surface area (TPSA) is 92.6 Å². The highest BCUT2D eigenvalue weighted by molar-refractivity contribution is 5.91. The van der Waals surface area contributed by atoms with Crippen LogP contribution >= 0.6 is 0 Å². The van der Waals surface area contributed by atoms with Crippen molar-refractivity contribution in [2.75, 3.05) is 19.6 Å². The largest absolute Gasteiger partial charge is 0.434 e. The van der Waals surface area contributed by atoms with Gasteiger partial charge in [-0.2, -0.15) is 26.3 Å². The molecule has 15 heteroatoms. The van der Waals surface area contributed by atoms with E-state index in [1.807, 2.05) is 0 Å². The highest BCUT2D eigenvalue weighted by atomic mass is 19.4. The number of amides is 2. The monoisotopic (exact) mass is 498 g/mol. The van der Waals surface area contributed by atoms with Gasteiger partial charge in [-0.05, 0) is 32.6 Å². The zero-order valence-corrected chi connectivity index (χ0v) is 18.2. The minimum atomic E-state index is -5.78. The summed E-state index contributed by atoms with van der Waals surface area (Å²) in [5, 5.41) is 10.9. The molecule has 1 aromatic rings. The molecule has 0 radical (unpaired) electrons. The van der Waals surface area contributed by atoms with Crippen molar-refractivity contribution in [3.05, 3.63) is 11.6 Å². The number of carbonyl (C=O) groups excluding carboxylic acids is 2. The van der Waals surface area contributed by atoms with Crippen LogP contribution in [0.5, 0.6) is 0 Å². The van der Waals surface area contributed by atoms with Crippen molar-refractivity contribution in [2.24, 2.45) is 0 Å². The molecule has 2 amide bonds. The van der Waals surface area contributed by atoms with Crippen molar-refractivity contribution in [1.29, 1.82) is 0 Å². The molecule has 3 heterocycles. The maximum atomic E-state index is 12.9. The van der Waals surface area contributed by atoms with E-state index >= 15 is 0 Å². The Morgan fingerprint density at radius 3 is 2.21 bits per heavy atom. The quantitative estimate of drug-likeness (QED) is 0.642. The molecule has 3 aliphatic rings. The van der Waals surface area contributed by atoms with Gasteiger partial charge in [0.05, 0.1) is 6.54 Å². The number of nitrogens with one attached hydrogen (secondary N) is 1. The van der Waals surface area contributed by atoms with E-state index in [9.17, 15) is 35.9 Å². The van der Waals surface area contributed by atoms with Crippen molar-refractivity contribution < 1.29 is 40.7 Å². The fourth-order valence-corrected chi connectivity index (χ4v) is 4.23. The SMILES string of the molecule is CC1(NC(=O)c2nnc3n2CCN(C2CC2)C3)CCN(C(=O)OC(C(F)(F)F)C(F)(F)F)CC1. The zero-order chi connectivity index (χ0) is 24.9. The van der Waals surface area contributed by atoms with Crippen LogP contribution < -0.4 is 5.32 Å². The lowest BCUT2D eigenvalue weighted by molar-refractivity contribution is -0.308. The summed E-state index contributed by atoms with van der Waals surface area (Å²) >= 11 is 0. The average molecular weight is 498 g/mol. The Hall–Kier alpha value is -2.58. The molecule has 34 heavy (non-hydrogen) atoms. The molecule has 0 bridgehead atoms. The number of piperidine rings is 1. The Morgan fingerprint density at radius 2 is 1.65 bits per heavy atom. The fraction of sp³-hybridized carbons (Fsp3) is 0.789. The van der Waals surface area contributed by atoms with Gasteiger partial charge < -0.3 is 19.5 Å². The first-order valence-electron chi connectivity index (χ1n) is 10.8. The molecule has 0 aromatic carbocycles. The van der Waals surface area contributed by atoms with Gasteiger partial charge >= 0.3 is 18.4 Å². The van der Waals surface area contributed by atoms with Crippen LogP contribution in [-0.2, 0) is 17.8 Å². The molecule has 1 saturated carbocycles. The molecule has 2 fully saturated rings. The second-order valence-electron chi connectivity index (χ2n) is 9.14. The summed E-state index contributed by atoms with van der Waals surface area (Å²) in [7, 11) is 0. The summed E-state index contributed by atoms with van der Waals surface area (Å²) in [5.41, 5.74) is -0.845. The van der Waals surface area contributed by atoms with E-state index in [-0.39, 0.29) is 31.8 Å². The number of aromatic nitrogens is 3. The van der Waals surface area contributed by atoms with Crippen LogP contribution in [0.2, 0.25) is 0 Å².